The van der Waals surface area contributed by atoms with Crippen LogP contribution in [0.2, 0.25) is 0 Å². The van der Waals surface area contributed by atoms with Crippen molar-refractivity contribution in [2.24, 2.45) is 5.10 Å². The van der Waals surface area contributed by atoms with Crippen molar-refractivity contribution in [3.05, 3.63) is 60.0 Å². The average Bonchev–Trinajstić information content (AvgIpc) is 3.22. The maximum absolute atomic E-state index is 12.1. The van der Waals surface area contributed by atoms with Crippen LogP contribution in [0.3, 0.4) is 0 Å². The molecule has 0 aliphatic carbocycles. The second-order valence-electron chi connectivity index (χ2n) is 5.47. The van der Waals surface area contributed by atoms with Crippen molar-refractivity contribution in [3.63, 3.8) is 0 Å². The number of carbonyl (C=O) groups is 1. The maximum Gasteiger partial charge on any atom is 0.244 e. The zero-order chi connectivity index (χ0) is 14.9. The van der Waals surface area contributed by atoms with E-state index in [0.29, 0.717) is 6.42 Å². The van der Waals surface area contributed by atoms with Gasteiger partial charge in [0.2, 0.25) is 5.91 Å². The summed E-state index contributed by atoms with van der Waals surface area (Å²) in [7, 11) is 0. The zero-order valence-corrected chi connectivity index (χ0v) is 12.0. The van der Waals surface area contributed by atoms with E-state index in [1.165, 1.54) is 0 Å². The molecule has 0 unspecified atom stereocenters. The Bertz CT molecular complexity index is 872. The average molecular weight is 292 g/mol. The molecule has 3 heterocycles. The summed E-state index contributed by atoms with van der Waals surface area (Å²) in [5.41, 5.74) is 6.75. The first kappa shape index (κ1) is 12.9. The molecule has 0 saturated heterocycles. The highest BCUT2D eigenvalue weighted by Gasteiger charge is 2.17. The number of fused-ring (bicyclic) bond motifs is 2. The zero-order valence-electron chi connectivity index (χ0n) is 12.0. The molecular formula is C17H16N4O. The van der Waals surface area contributed by atoms with Crippen LogP contribution in [-0.4, -0.2) is 21.2 Å². The lowest BCUT2D eigenvalue weighted by atomic mass is 10.1. The number of nitrogens with zero attached hydrogens (tertiary/aromatic N) is 2. The van der Waals surface area contributed by atoms with Crippen molar-refractivity contribution in [1.82, 2.24) is 15.0 Å². The van der Waals surface area contributed by atoms with Gasteiger partial charge in [0.25, 0.3) is 0 Å². The van der Waals surface area contributed by atoms with Gasteiger partial charge in [0.05, 0.1) is 17.8 Å². The lowest BCUT2D eigenvalue weighted by Gasteiger charge is -2.01. The number of hydrogen-bond acceptors (Lipinski definition) is 2. The molecule has 110 valence electrons. The number of aryl methyl sites for hydroxylation is 1. The molecule has 0 saturated carbocycles. The minimum Gasteiger partial charge on any atom is -0.361 e. The van der Waals surface area contributed by atoms with Crippen LogP contribution in [-0.2, 0) is 17.8 Å². The molecule has 0 atom stereocenters. The van der Waals surface area contributed by atoms with E-state index in [2.05, 4.69) is 20.1 Å². The minimum absolute atomic E-state index is 0.0951. The van der Waals surface area contributed by atoms with Gasteiger partial charge in [-0.25, -0.2) is 5.43 Å². The standard InChI is InChI=1S/C17H16N4O/c22-17(10-12-11-18-14-5-2-1-4-13(12)14)20-19-15-7-9-21-8-3-6-16(15)21/h1-6,8,11,18H,7,9-10H2,(H,20,22). The van der Waals surface area contributed by atoms with E-state index in [1.807, 2.05) is 48.8 Å². The highest BCUT2D eigenvalue weighted by molar-refractivity contribution is 6.01. The van der Waals surface area contributed by atoms with Gasteiger partial charge in [-0.3, -0.25) is 4.79 Å². The van der Waals surface area contributed by atoms with Gasteiger partial charge in [0.15, 0.2) is 0 Å². The van der Waals surface area contributed by atoms with Gasteiger partial charge in [0.1, 0.15) is 0 Å². The molecule has 2 aromatic heterocycles. The predicted octanol–water partition coefficient (Wildman–Crippen LogP) is 2.44. The number of H-pyrrole nitrogens is 1. The molecule has 1 aliphatic heterocycles. The number of hydrazone groups is 1. The smallest absolute Gasteiger partial charge is 0.244 e. The summed E-state index contributed by atoms with van der Waals surface area (Å²) in [4.78, 5) is 15.3. The molecule has 5 nitrogen and oxygen atoms in total. The summed E-state index contributed by atoms with van der Waals surface area (Å²) in [5.74, 6) is -0.0951. The Morgan fingerprint density at radius 2 is 2.18 bits per heavy atom. The number of aromatic amines is 1. The molecule has 1 aliphatic rings. The summed E-state index contributed by atoms with van der Waals surface area (Å²) in [6, 6.07) is 12.0. The summed E-state index contributed by atoms with van der Waals surface area (Å²) >= 11 is 0. The van der Waals surface area contributed by atoms with Crippen LogP contribution in [0.1, 0.15) is 17.7 Å². The molecule has 0 fully saturated rings. The van der Waals surface area contributed by atoms with Gasteiger partial charge in [-0.1, -0.05) is 18.2 Å². The second-order valence-corrected chi connectivity index (χ2v) is 5.47. The second kappa shape index (κ2) is 5.18. The van der Waals surface area contributed by atoms with Crippen LogP contribution in [0.5, 0.6) is 0 Å². The third-order valence-corrected chi connectivity index (χ3v) is 4.06. The third kappa shape index (κ3) is 2.20. The Labute approximate surface area is 127 Å². The first-order valence-electron chi connectivity index (χ1n) is 7.37. The third-order valence-electron chi connectivity index (χ3n) is 4.06. The molecule has 4 rings (SSSR count). The molecule has 0 spiro atoms. The quantitative estimate of drug-likeness (QED) is 0.716. The van der Waals surface area contributed by atoms with Crippen LogP contribution in [0.4, 0.5) is 0 Å². The normalized spacial score (nSPS) is 15.4. The molecule has 0 radical (unpaired) electrons. The monoisotopic (exact) mass is 292 g/mol. The summed E-state index contributed by atoms with van der Waals surface area (Å²) < 4.78 is 2.14. The van der Waals surface area contributed by atoms with Crippen LogP contribution in [0, 0.1) is 0 Å². The molecular weight excluding hydrogens is 276 g/mol. The lowest BCUT2D eigenvalue weighted by Crippen LogP contribution is -2.21. The highest BCUT2D eigenvalue weighted by atomic mass is 16.2. The number of hydrogen-bond donors (Lipinski definition) is 2. The number of amides is 1. The Hall–Kier alpha value is -2.82. The molecule has 2 N–H and O–H groups in total. The minimum atomic E-state index is -0.0951. The topological polar surface area (TPSA) is 62.2 Å². The van der Waals surface area contributed by atoms with Gasteiger partial charge in [-0.05, 0) is 23.8 Å². The number of benzene rings is 1. The van der Waals surface area contributed by atoms with Crippen LogP contribution >= 0.6 is 0 Å². The molecule has 22 heavy (non-hydrogen) atoms. The summed E-state index contributed by atoms with van der Waals surface area (Å²) in [6.45, 7) is 0.930. The first-order valence-corrected chi connectivity index (χ1v) is 7.37. The van der Waals surface area contributed by atoms with E-state index < -0.39 is 0 Å². The number of carbonyl (C=O) groups excluding carboxylic acids is 1. The van der Waals surface area contributed by atoms with Crippen LogP contribution < -0.4 is 5.43 Å². The van der Waals surface area contributed by atoms with Crippen molar-refractivity contribution >= 4 is 22.5 Å². The Kier molecular flexibility index (Phi) is 3.04. The maximum atomic E-state index is 12.1. The van der Waals surface area contributed by atoms with Gasteiger partial charge in [-0.15, -0.1) is 0 Å². The number of nitrogens with one attached hydrogen (secondary N) is 2. The van der Waals surface area contributed by atoms with Crippen LogP contribution in [0.25, 0.3) is 10.9 Å². The Morgan fingerprint density at radius 3 is 3.14 bits per heavy atom. The number of aromatic nitrogens is 2. The summed E-state index contributed by atoms with van der Waals surface area (Å²) in [5, 5.41) is 5.37. The van der Waals surface area contributed by atoms with E-state index in [0.717, 1.165) is 40.8 Å². The summed E-state index contributed by atoms with van der Waals surface area (Å²) in [6.07, 6.45) is 5.11. The van der Waals surface area contributed by atoms with E-state index in [4.69, 9.17) is 0 Å². The van der Waals surface area contributed by atoms with Crippen molar-refractivity contribution in [3.8, 4) is 0 Å². The molecule has 1 amide bonds. The fourth-order valence-electron chi connectivity index (χ4n) is 2.96. The fraction of sp³-hybridized carbons (Fsp3) is 0.176. The number of rotatable bonds is 3. The van der Waals surface area contributed by atoms with Crippen molar-refractivity contribution < 1.29 is 4.79 Å². The molecule has 1 aromatic carbocycles. The van der Waals surface area contributed by atoms with E-state index in [-0.39, 0.29) is 5.91 Å². The van der Waals surface area contributed by atoms with Gasteiger partial charge < -0.3 is 9.55 Å². The first-order chi connectivity index (χ1) is 10.8. The van der Waals surface area contributed by atoms with Crippen LogP contribution in [0.15, 0.2) is 53.9 Å². The molecule has 5 heteroatoms. The van der Waals surface area contributed by atoms with E-state index >= 15 is 0 Å². The highest BCUT2D eigenvalue weighted by Crippen LogP contribution is 2.18. The van der Waals surface area contributed by atoms with Crippen molar-refractivity contribution in [1.29, 1.82) is 0 Å². The van der Waals surface area contributed by atoms with E-state index in [1.54, 1.807) is 0 Å². The van der Waals surface area contributed by atoms with Gasteiger partial charge in [0, 0.05) is 36.3 Å². The lowest BCUT2D eigenvalue weighted by molar-refractivity contribution is -0.120. The fourth-order valence-corrected chi connectivity index (χ4v) is 2.96. The molecule has 0 bridgehead atoms. The Balaban J connectivity index is 1.47. The molecule has 3 aromatic rings. The predicted molar refractivity (Wildman–Crippen MR) is 85.7 cm³/mol. The number of para-hydroxylation sites is 1. The SMILES string of the molecule is O=C(Cc1c[nH]c2ccccc12)NN=C1CCn2cccc21. The van der Waals surface area contributed by atoms with Crippen molar-refractivity contribution in [2.75, 3.05) is 0 Å². The van der Waals surface area contributed by atoms with E-state index in [9.17, 15) is 4.79 Å². The largest absolute Gasteiger partial charge is 0.361 e. The van der Waals surface area contributed by atoms with Gasteiger partial charge in [-0.2, -0.15) is 5.10 Å². The van der Waals surface area contributed by atoms with Crippen molar-refractivity contribution in [2.45, 2.75) is 19.4 Å². The Morgan fingerprint density at radius 1 is 1.27 bits per heavy atom. The van der Waals surface area contributed by atoms with Gasteiger partial charge >= 0.3 is 0 Å².